The van der Waals surface area contributed by atoms with Gasteiger partial charge in [-0.3, -0.25) is 9.20 Å². The summed E-state index contributed by atoms with van der Waals surface area (Å²) in [6, 6.07) is 28.2. The summed E-state index contributed by atoms with van der Waals surface area (Å²) < 4.78 is 14.8. The van der Waals surface area contributed by atoms with Crippen molar-refractivity contribution in [2.45, 2.75) is 9.79 Å². The highest BCUT2D eigenvalue weighted by Gasteiger charge is 2.26. The van der Waals surface area contributed by atoms with Gasteiger partial charge in [-0.05, 0) is 42.5 Å². The van der Waals surface area contributed by atoms with E-state index in [0.717, 1.165) is 16.1 Å². The lowest BCUT2D eigenvalue weighted by Crippen LogP contribution is -2.11. The Kier molecular flexibility index (Phi) is 4.26. The van der Waals surface area contributed by atoms with Crippen molar-refractivity contribution in [2.24, 2.45) is 0 Å². The first-order valence-electron chi connectivity index (χ1n) is 10.2. The Hall–Kier alpha value is -4.03. The second kappa shape index (κ2) is 7.28. The van der Waals surface area contributed by atoms with Crippen LogP contribution in [0.15, 0.2) is 107 Å². The number of rotatable bonds is 3. The van der Waals surface area contributed by atoms with Crippen LogP contribution in [0.2, 0.25) is 0 Å². The molecule has 0 saturated carbocycles. The zero-order valence-electron chi connectivity index (χ0n) is 16.9. The van der Waals surface area contributed by atoms with Gasteiger partial charge in [0.05, 0.1) is 32.0 Å². The average Bonchev–Trinajstić information content (AvgIpc) is 3.24. The van der Waals surface area contributed by atoms with E-state index in [1.54, 1.807) is 18.2 Å². The molecular formula is C26H17N3O2S. The molecule has 154 valence electrons. The molecule has 1 atom stereocenters. The van der Waals surface area contributed by atoms with Gasteiger partial charge in [-0.15, -0.1) is 0 Å². The van der Waals surface area contributed by atoms with E-state index in [4.69, 9.17) is 4.98 Å². The van der Waals surface area contributed by atoms with Gasteiger partial charge in [0.25, 0.3) is 0 Å². The number of pyridine rings is 1. The zero-order valence-corrected chi connectivity index (χ0v) is 17.7. The summed E-state index contributed by atoms with van der Waals surface area (Å²) in [5, 5.41) is 3.33. The van der Waals surface area contributed by atoms with Gasteiger partial charge in [-0.1, -0.05) is 48.5 Å². The molecule has 0 spiro atoms. The van der Waals surface area contributed by atoms with Crippen molar-refractivity contribution in [3.63, 3.8) is 0 Å². The van der Waals surface area contributed by atoms with Crippen LogP contribution in [0, 0.1) is 0 Å². The Morgan fingerprint density at radius 3 is 2.44 bits per heavy atom. The van der Waals surface area contributed by atoms with Crippen LogP contribution in [0.1, 0.15) is 16.1 Å². The van der Waals surface area contributed by atoms with Crippen molar-refractivity contribution in [3.05, 3.63) is 108 Å². The summed E-state index contributed by atoms with van der Waals surface area (Å²) >= 11 is 0. The molecule has 0 bridgehead atoms. The van der Waals surface area contributed by atoms with Crippen LogP contribution in [0.4, 0.5) is 11.4 Å². The molecule has 1 unspecified atom stereocenters. The summed E-state index contributed by atoms with van der Waals surface area (Å²) in [7, 11) is -1.30. The van der Waals surface area contributed by atoms with Crippen LogP contribution in [0.25, 0.3) is 16.9 Å². The monoisotopic (exact) mass is 435 g/mol. The van der Waals surface area contributed by atoms with Crippen molar-refractivity contribution >= 4 is 33.6 Å². The van der Waals surface area contributed by atoms with Gasteiger partial charge in [0.1, 0.15) is 17.0 Å². The average molecular weight is 436 g/mol. The second-order valence-corrected chi connectivity index (χ2v) is 8.95. The highest BCUT2D eigenvalue weighted by molar-refractivity contribution is 7.85. The van der Waals surface area contributed by atoms with E-state index >= 15 is 0 Å². The first-order chi connectivity index (χ1) is 15.7. The molecule has 0 amide bonds. The second-order valence-electron chi connectivity index (χ2n) is 7.53. The number of benzene rings is 3. The largest absolute Gasteiger partial charge is 0.354 e. The van der Waals surface area contributed by atoms with Crippen LogP contribution < -0.4 is 5.32 Å². The minimum absolute atomic E-state index is 0.142. The van der Waals surface area contributed by atoms with E-state index in [2.05, 4.69) is 5.32 Å². The van der Waals surface area contributed by atoms with Gasteiger partial charge in [0, 0.05) is 17.3 Å². The van der Waals surface area contributed by atoms with Crippen LogP contribution in [0.3, 0.4) is 0 Å². The SMILES string of the molecule is O=C(c1ccc2c(c1)Nc1ccccc1S2=O)c1c(-c2ccccc2)nc2ccccn12. The lowest BCUT2D eigenvalue weighted by molar-refractivity contribution is 0.103. The third-order valence-corrected chi connectivity index (χ3v) is 7.10. The number of nitrogens with zero attached hydrogens (tertiary/aromatic N) is 2. The Morgan fingerprint density at radius 1 is 0.812 bits per heavy atom. The maximum absolute atomic E-state index is 13.8. The third kappa shape index (κ3) is 2.88. The number of hydrogen-bond donors (Lipinski definition) is 1. The van der Waals surface area contributed by atoms with E-state index in [1.165, 1.54) is 0 Å². The summed E-state index contributed by atoms with van der Waals surface area (Å²) in [6.07, 6.45) is 1.85. The summed E-state index contributed by atoms with van der Waals surface area (Å²) in [6.45, 7) is 0. The molecule has 3 heterocycles. The van der Waals surface area contributed by atoms with E-state index in [9.17, 15) is 9.00 Å². The number of hydrogen-bond acceptors (Lipinski definition) is 4. The minimum Gasteiger partial charge on any atom is -0.354 e. The number of fused-ring (bicyclic) bond motifs is 3. The number of aromatic nitrogens is 2. The molecule has 6 heteroatoms. The number of carbonyl (C=O) groups is 1. The molecule has 1 aliphatic rings. The van der Waals surface area contributed by atoms with E-state index < -0.39 is 10.8 Å². The third-order valence-electron chi connectivity index (χ3n) is 5.59. The molecule has 32 heavy (non-hydrogen) atoms. The minimum atomic E-state index is -1.30. The fraction of sp³-hybridized carbons (Fsp3) is 0. The van der Waals surface area contributed by atoms with E-state index in [0.29, 0.717) is 33.2 Å². The molecule has 0 radical (unpaired) electrons. The molecule has 2 aromatic heterocycles. The predicted molar refractivity (Wildman–Crippen MR) is 125 cm³/mol. The van der Waals surface area contributed by atoms with Crippen LogP contribution in [0.5, 0.6) is 0 Å². The number of anilines is 2. The Morgan fingerprint density at radius 2 is 1.56 bits per heavy atom. The number of ketones is 1. The normalized spacial score (nSPS) is 14.4. The van der Waals surface area contributed by atoms with Gasteiger partial charge >= 0.3 is 0 Å². The van der Waals surface area contributed by atoms with Crippen LogP contribution in [-0.4, -0.2) is 19.4 Å². The Balaban J connectivity index is 1.49. The van der Waals surface area contributed by atoms with Crippen molar-refractivity contribution < 1.29 is 9.00 Å². The van der Waals surface area contributed by atoms with Crippen molar-refractivity contribution in [1.29, 1.82) is 0 Å². The molecule has 5 nitrogen and oxygen atoms in total. The predicted octanol–water partition coefficient (Wildman–Crippen LogP) is 5.46. The fourth-order valence-electron chi connectivity index (χ4n) is 4.07. The maximum Gasteiger partial charge on any atom is 0.212 e. The quantitative estimate of drug-likeness (QED) is 0.375. The van der Waals surface area contributed by atoms with Crippen molar-refractivity contribution in [3.8, 4) is 11.3 Å². The Labute approximate surface area is 186 Å². The highest BCUT2D eigenvalue weighted by Crippen LogP contribution is 2.37. The van der Waals surface area contributed by atoms with Crippen LogP contribution in [-0.2, 0) is 10.8 Å². The molecular weight excluding hydrogens is 418 g/mol. The van der Waals surface area contributed by atoms with Gasteiger partial charge in [-0.25, -0.2) is 9.19 Å². The number of nitrogens with one attached hydrogen (secondary N) is 1. The summed E-state index contributed by atoms with van der Waals surface area (Å²) in [5.74, 6) is -0.142. The number of para-hydroxylation sites is 1. The Bertz CT molecular complexity index is 1540. The van der Waals surface area contributed by atoms with Gasteiger partial charge in [0.2, 0.25) is 5.78 Å². The molecule has 0 aliphatic carbocycles. The smallest absolute Gasteiger partial charge is 0.212 e. The number of carbonyl (C=O) groups excluding carboxylic acids is 1. The van der Waals surface area contributed by atoms with Crippen molar-refractivity contribution in [2.75, 3.05) is 5.32 Å². The lowest BCUT2D eigenvalue weighted by atomic mass is 10.0. The molecule has 5 aromatic rings. The van der Waals surface area contributed by atoms with Gasteiger partial charge in [0.15, 0.2) is 0 Å². The van der Waals surface area contributed by atoms with Crippen molar-refractivity contribution in [1.82, 2.24) is 9.38 Å². The lowest BCUT2D eigenvalue weighted by Gasteiger charge is -2.21. The summed E-state index contributed by atoms with van der Waals surface area (Å²) in [4.78, 5) is 19.9. The molecule has 0 saturated heterocycles. The summed E-state index contributed by atoms with van der Waals surface area (Å²) in [5.41, 5.74) is 4.72. The first kappa shape index (κ1) is 18.7. The molecule has 3 aromatic carbocycles. The fourth-order valence-corrected chi connectivity index (χ4v) is 5.33. The first-order valence-corrected chi connectivity index (χ1v) is 11.3. The zero-order chi connectivity index (χ0) is 21.7. The van der Waals surface area contributed by atoms with Gasteiger partial charge in [-0.2, -0.15) is 0 Å². The molecule has 6 rings (SSSR count). The van der Waals surface area contributed by atoms with E-state index in [1.807, 2.05) is 83.4 Å². The maximum atomic E-state index is 13.8. The number of imidazole rings is 1. The molecule has 1 aliphatic heterocycles. The highest BCUT2D eigenvalue weighted by atomic mass is 32.2. The molecule has 0 fully saturated rings. The molecule has 1 N–H and O–H groups in total. The standard InChI is InChI=1S/C26H17N3O2S/c30-26(18-13-14-22-20(16-18)27-19-10-4-5-11-21(19)32(22)31)25-24(17-8-2-1-3-9-17)28-23-12-6-7-15-29(23)25/h1-16,27H. The van der Waals surface area contributed by atoms with Gasteiger partial charge < -0.3 is 5.32 Å². The van der Waals surface area contributed by atoms with Crippen LogP contribution >= 0.6 is 0 Å². The van der Waals surface area contributed by atoms with E-state index in [-0.39, 0.29) is 5.78 Å². The topological polar surface area (TPSA) is 63.5 Å².